The van der Waals surface area contributed by atoms with Gasteiger partial charge in [-0.25, -0.2) is 0 Å². The first-order valence-corrected chi connectivity index (χ1v) is 14.0. The number of aliphatic hydroxyl groups is 1. The monoisotopic (exact) mass is 428 g/mol. The maximum Gasteiger partial charge on any atom is 0.0594 e. The highest BCUT2D eigenvalue weighted by Crippen LogP contribution is 2.77. The van der Waals surface area contributed by atoms with Gasteiger partial charge in [0.15, 0.2) is 0 Å². The van der Waals surface area contributed by atoms with Crippen LogP contribution in [0.1, 0.15) is 120 Å². The summed E-state index contributed by atoms with van der Waals surface area (Å²) in [5.41, 5.74) is 2.08. The van der Waals surface area contributed by atoms with Crippen molar-refractivity contribution in [2.24, 2.45) is 62.6 Å². The number of rotatable bonds is 1. The molecule has 0 spiro atoms. The van der Waals surface area contributed by atoms with Crippen molar-refractivity contribution < 1.29 is 5.11 Å². The molecule has 0 aliphatic heterocycles. The Morgan fingerprint density at radius 2 is 1.39 bits per heavy atom. The standard InChI is InChI=1S/C30H52O/c1-19(2)20-11-14-27(5)17-18-29(7)21(25(20)27)9-10-23-28(6)15-13-24(31)26(3,4)22(28)12-16-30(23,29)8/h19-25,31H,9-18H2,1-8H3/t20-,21+,22-,23-,24-,25+,27+,28-,29+,30+/m0/s1. The summed E-state index contributed by atoms with van der Waals surface area (Å²) in [4.78, 5) is 0. The van der Waals surface area contributed by atoms with Crippen molar-refractivity contribution in [2.45, 2.75) is 126 Å². The lowest BCUT2D eigenvalue weighted by Crippen LogP contribution is -2.66. The van der Waals surface area contributed by atoms with Gasteiger partial charge in [0.25, 0.3) is 0 Å². The molecule has 0 aromatic rings. The van der Waals surface area contributed by atoms with Crippen LogP contribution in [0.5, 0.6) is 0 Å². The first-order chi connectivity index (χ1) is 14.3. The van der Waals surface area contributed by atoms with E-state index in [1.54, 1.807) is 0 Å². The predicted octanol–water partition coefficient (Wildman–Crippen LogP) is 8.10. The highest BCUT2D eigenvalue weighted by Gasteiger charge is 2.70. The van der Waals surface area contributed by atoms with Gasteiger partial charge < -0.3 is 5.11 Å². The summed E-state index contributed by atoms with van der Waals surface area (Å²) < 4.78 is 0. The summed E-state index contributed by atoms with van der Waals surface area (Å²) in [7, 11) is 0. The SMILES string of the molecule is CC(C)[C@@H]1CC[C@]2(C)CC[C@]3(C)[C@H](CC[C@H]4[C@@]5(C)CC[C@H](O)C(C)(C)[C@@H]5CC[C@]43C)[C@@H]12. The van der Waals surface area contributed by atoms with Gasteiger partial charge in [-0.1, -0.05) is 55.4 Å². The Morgan fingerprint density at radius 3 is 2.06 bits per heavy atom. The molecule has 1 nitrogen and oxygen atoms in total. The Morgan fingerprint density at radius 1 is 0.677 bits per heavy atom. The molecule has 0 amide bonds. The second kappa shape index (κ2) is 6.76. The van der Waals surface area contributed by atoms with Gasteiger partial charge in [0.2, 0.25) is 0 Å². The van der Waals surface area contributed by atoms with Crippen LogP contribution in [0, 0.1) is 62.6 Å². The lowest BCUT2D eigenvalue weighted by atomic mass is 9.32. The summed E-state index contributed by atoms with van der Waals surface area (Å²) in [6, 6.07) is 0. The fraction of sp³-hybridized carbons (Fsp3) is 1.00. The number of hydrogen-bond donors (Lipinski definition) is 1. The van der Waals surface area contributed by atoms with Crippen LogP contribution in [0.3, 0.4) is 0 Å². The molecule has 0 saturated heterocycles. The van der Waals surface area contributed by atoms with Crippen LogP contribution in [-0.2, 0) is 0 Å². The van der Waals surface area contributed by atoms with Gasteiger partial charge in [-0.2, -0.15) is 0 Å². The number of fused-ring (bicyclic) bond motifs is 7. The molecule has 5 aliphatic rings. The molecule has 0 heterocycles. The minimum absolute atomic E-state index is 0.0748. The Bertz CT molecular complexity index is 724. The zero-order chi connectivity index (χ0) is 22.6. The minimum Gasteiger partial charge on any atom is -0.393 e. The van der Waals surface area contributed by atoms with E-state index in [2.05, 4.69) is 55.4 Å². The van der Waals surface area contributed by atoms with Crippen LogP contribution in [0.2, 0.25) is 0 Å². The largest absolute Gasteiger partial charge is 0.393 e. The molecule has 1 N–H and O–H groups in total. The lowest BCUT2D eigenvalue weighted by molar-refractivity contribution is -0.248. The molecule has 0 aromatic heterocycles. The molecule has 1 heteroatoms. The molecule has 5 aliphatic carbocycles. The van der Waals surface area contributed by atoms with E-state index in [0.29, 0.717) is 27.6 Å². The average molecular weight is 429 g/mol. The van der Waals surface area contributed by atoms with Crippen molar-refractivity contribution in [3.8, 4) is 0 Å². The van der Waals surface area contributed by atoms with Crippen LogP contribution < -0.4 is 0 Å². The normalized spacial score (nSPS) is 58.3. The fourth-order valence-corrected chi connectivity index (χ4v) is 11.7. The van der Waals surface area contributed by atoms with Gasteiger partial charge >= 0.3 is 0 Å². The molecule has 5 saturated carbocycles. The van der Waals surface area contributed by atoms with Crippen molar-refractivity contribution >= 4 is 0 Å². The number of aliphatic hydroxyl groups excluding tert-OH is 1. The molecule has 0 bridgehead atoms. The zero-order valence-corrected chi connectivity index (χ0v) is 22.1. The predicted molar refractivity (Wildman–Crippen MR) is 131 cm³/mol. The van der Waals surface area contributed by atoms with E-state index < -0.39 is 0 Å². The zero-order valence-electron chi connectivity index (χ0n) is 22.1. The third-order valence-electron chi connectivity index (χ3n) is 13.7. The Labute approximate surface area is 193 Å². The Hall–Kier alpha value is -0.0400. The van der Waals surface area contributed by atoms with Crippen LogP contribution in [-0.4, -0.2) is 11.2 Å². The van der Waals surface area contributed by atoms with Crippen LogP contribution in [0.15, 0.2) is 0 Å². The van der Waals surface area contributed by atoms with E-state index in [1.807, 2.05) is 0 Å². The van der Waals surface area contributed by atoms with Crippen LogP contribution in [0.4, 0.5) is 0 Å². The first kappa shape index (κ1) is 22.7. The van der Waals surface area contributed by atoms with Gasteiger partial charge in [-0.05, 0) is 127 Å². The molecule has 178 valence electrons. The summed E-state index contributed by atoms with van der Waals surface area (Å²) in [5, 5.41) is 10.9. The van der Waals surface area contributed by atoms with Crippen molar-refractivity contribution in [3.05, 3.63) is 0 Å². The Kier molecular flexibility index (Phi) is 4.96. The summed E-state index contributed by atoms with van der Waals surface area (Å²) >= 11 is 0. The van der Waals surface area contributed by atoms with Crippen molar-refractivity contribution in [3.63, 3.8) is 0 Å². The van der Waals surface area contributed by atoms with Gasteiger partial charge in [0, 0.05) is 0 Å². The third kappa shape index (κ3) is 2.71. The quantitative estimate of drug-likeness (QED) is 0.447. The first-order valence-electron chi connectivity index (χ1n) is 14.0. The molecule has 10 atom stereocenters. The molecule has 0 aromatic carbocycles. The lowest BCUT2D eigenvalue weighted by Gasteiger charge is -2.73. The van der Waals surface area contributed by atoms with E-state index in [-0.39, 0.29) is 11.5 Å². The smallest absolute Gasteiger partial charge is 0.0594 e. The van der Waals surface area contributed by atoms with Gasteiger partial charge in [0.1, 0.15) is 0 Å². The van der Waals surface area contributed by atoms with Gasteiger partial charge in [-0.15, -0.1) is 0 Å². The molecule has 0 radical (unpaired) electrons. The second-order valence-electron chi connectivity index (χ2n) is 15.2. The molecule has 5 rings (SSSR count). The third-order valence-corrected chi connectivity index (χ3v) is 13.7. The molecule has 0 unspecified atom stereocenters. The average Bonchev–Trinajstić information content (AvgIpc) is 3.04. The van der Waals surface area contributed by atoms with Crippen molar-refractivity contribution in [1.82, 2.24) is 0 Å². The van der Waals surface area contributed by atoms with E-state index in [4.69, 9.17) is 0 Å². The van der Waals surface area contributed by atoms with Crippen molar-refractivity contribution in [1.29, 1.82) is 0 Å². The highest BCUT2D eigenvalue weighted by atomic mass is 16.3. The maximum absolute atomic E-state index is 10.9. The van der Waals surface area contributed by atoms with Crippen molar-refractivity contribution in [2.75, 3.05) is 0 Å². The number of hydrogen-bond acceptors (Lipinski definition) is 1. The highest BCUT2D eigenvalue weighted by molar-refractivity contribution is 5.19. The summed E-state index contributed by atoms with van der Waals surface area (Å²) in [5.74, 6) is 5.21. The topological polar surface area (TPSA) is 20.2 Å². The van der Waals surface area contributed by atoms with Gasteiger partial charge in [0.05, 0.1) is 6.10 Å². The van der Waals surface area contributed by atoms with E-state index in [1.165, 1.54) is 57.8 Å². The summed E-state index contributed by atoms with van der Waals surface area (Å²) in [6.45, 7) is 20.7. The minimum atomic E-state index is -0.109. The summed E-state index contributed by atoms with van der Waals surface area (Å²) in [6.07, 6.45) is 13.7. The van der Waals surface area contributed by atoms with E-state index >= 15 is 0 Å². The van der Waals surface area contributed by atoms with Crippen LogP contribution in [0.25, 0.3) is 0 Å². The second-order valence-corrected chi connectivity index (χ2v) is 15.2. The fourth-order valence-electron chi connectivity index (χ4n) is 11.7. The molecular weight excluding hydrogens is 376 g/mol. The van der Waals surface area contributed by atoms with E-state index in [9.17, 15) is 5.11 Å². The van der Waals surface area contributed by atoms with Crippen LogP contribution >= 0.6 is 0 Å². The Balaban J connectivity index is 1.54. The van der Waals surface area contributed by atoms with E-state index in [0.717, 1.165) is 36.0 Å². The maximum atomic E-state index is 10.9. The molecule has 5 fully saturated rings. The molecule has 31 heavy (non-hydrogen) atoms. The van der Waals surface area contributed by atoms with Gasteiger partial charge in [-0.3, -0.25) is 0 Å². The molecular formula is C30H52O.